The van der Waals surface area contributed by atoms with Crippen LogP contribution in [0.1, 0.15) is 12.0 Å². The Labute approximate surface area is 188 Å². The summed E-state index contributed by atoms with van der Waals surface area (Å²) in [7, 11) is 1.62. The third kappa shape index (κ3) is 3.84. The minimum absolute atomic E-state index is 0.126. The van der Waals surface area contributed by atoms with Crippen molar-refractivity contribution in [3.63, 3.8) is 0 Å². The van der Waals surface area contributed by atoms with Crippen LogP contribution < -0.4 is 5.32 Å². The Kier molecular flexibility index (Phi) is 5.83. The van der Waals surface area contributed by atoms with Gasteiger partial charge in [-0.25, -0.2) is 14.4 Å². The molecule has 2 heterocycles. The smallest absolute Gasteiger partial charge is 0.246 e. The molecule has 3 aromatic rings. The van der Waals surface area contributed by atoms with E-state index in [-0.39, 0.29) is 21.6 Å². The zero-order chi connectivity index (χ0) is 22.2. The van der Waals surface area contributed by atoms with Crippen LogP contribution in [-0.2, 0) is 15.1 Å². The SMILES string of the molecule is C=CC(=O)N1CCC(OC)(c2ccc3ncnc(Nc4ccc(Cl)c(Cl)c4F)c3c2)C1. The Morgan fingerprint density at radius 2 is 2.13 bits per heavy atom. The average molecular weight is 461 g/mol. The molecule has 0 saturated carbocycles. The van der Waals surface area contributed by atoms with Crippen LogP contribution in [0.15, 0.2) is 49.3 Å². The first-order valence-corrected chi connectivity index (χ1v) is 10.3. The van der Waals surface area contributed by atoms with Gasteiger partial charge in [0, 0.05) is 19.0 Å². The number of nitrogens with one attached hydrogen (secondary N) is 1. The van der Waals surface area contributed by atoms with Crippen molar-refractivity contribution in [2.75, 3.05) is 25.5 Å². The number of anilines is 2. The number of rotatable bonds is 5. The average Bonchev–Trinajstić information content (AvgIpc) is 3.25. The van der Waals surface area contributed by atoms with Crippen molar-refractivity contribution in [2.24, 2.45) is 0 Å². The molecule has 1 aliphatic heterocycles. The van der Waals surface area contributed by atoms with Gasteiger partial charge in [-0.15, -0.1) is 0 Å². The van der Waals surface area contributed by atoms with E-state index in [1.165, 1.54) is 24.5 Å². The summed E-state index contributed by atoms with van der Waals surface area (Å²) >= 11 is 11.8. The van der Waals surface area contributed by atoms with Gasteiger partial charge >= 0.3 is 0 Å². The molecule has 0 aliphatic carbocycles. The van der Waals surface area contributed by atoms with Gasteiger partial charge in [-0.2, -0.15) is 0 Å². The number of halogens is 3. The van der Waals surface area contributed by atoms with Crippen LogP contribution in [0, 0.1) is 5.82 Å². The van der Waals surface area contributed by atoms with Crippen molar-refractivity contribution in [3.8, 4) is 0 Å². The Morgan fingerprint density at radius 3 is 2.87 bits per heavy atom. The Hall–Kier alpha value is -2.74. The summed E-state index contributed by atoms with van der Waals surface area (Å²) in [6.45, 7) is 4.52. The van der Waals surface area contributed by atoms with Crippen LogP contribution in [0.25, 0.3) is 10.9 Å². The molecular formula is C22H19Cl2FN4O2. The van der Waals surface area contributed by atoms with Gasteiger partial charge in [0.2, 0.25) is 5.91 Å². The number of nitrogens with zero attached hydrogens (tertiary/aromatic N) is 3. The first-order chi connectivity index (χ1) is 14.9. The molecule has 1 fully saturated rings. The largest absolute Gasteiger partial charge is 0.372 e. The van der Waals surface area contributed by atoms with Crippen LogP contribution >= 0.6 is 23.2 Å². The van der Waals surface area contributed by atoms with E-state index in [4.69, 9.17) is 27.9 Å². The van der Waals surface area contributed by atoms with E-state index < -0.39 is 11.4 Å². The van der Waals surface area contributed by atoms with Crippen molar-refractivity contribution in [1.29, 1.82) is 0 Å². The fraction of sp³-hybridized carbons (Fsp3) is 0.227. The molecule has 1 amide bonds. The Bertz CT molecular complexity index is 1190. The predicted octanol–water partition coefficient (Wildman–Crippen LogP) is 5.08. The highest BCUT2D eigenvalue weighted by Crippen LogP contribution is 2.38. The van der Waals surface area contributed by atoms with E-state index in [0.29, 0.717) is 36.2 Å². The molecule has 1 aliphatic rings. The maximum atomic E-state index is 14.6. The van der Waals surface area contributed by atoms with Gasteiger partial charge in [0.05, 0.1) is 27.8 Å². The summed E-state index contributed by atoms with van der Waals surface area (Å²) in [6, 6.07) is 8.67. The second-order valence-electron chi connectivity index (χ2n) is 7.21. The normalized spacial score (nSPS) is 18.4. The summed E-state index contributed by atoms with van der Waals surface area (Å²) in [5.74, 6) is -0.396. The number of hydrogen-bond donors (Lipinski definition) is 1. The van der Waals surface area contributed by atoms with E-state index in [9.17, 15) is 9.18 Å². The number of aromatic nitrogens is 2. The lowest BCUT2D eigenvalue weighted by Crippen LogP contribution is -2.35. The monoisotopic (exact) mass is 460 g/mol. The lowest BCUT2D eigenvalue weighted by Gasteiger charge is -2.28. The van der Waals surface area contributed by atoms with E-state index in [0.717, 1.165) is 5.56 Å². The van der Waals surface area contributed by atoms with Crippen molar-refractivity contribution < 1.29 is 13.9 Å². The molecule has 31 heavy (non-hydrogen) atoms. The number of benzene rings is 2. The van der Waals surface area contributed by atoms with Crippen LogP contribution in [-0.4, -0.2) is 41.0 Å². The zero-order valence-corrected chi connectivity index (χ0v) is 18.2. The minimum Gasteiger partial charge on any atom is -0.372 e. The van der Waals surface area contributed by atoms with Crippen molar-refractivity contribution in [1.82, 2.24) is 14.9 Å². The molecular weight excluding hydrogens is 442 g/mol. The molecule has 2 aromatic carbocycles. The second-order valence-corrected chi connectivity index (χ2v) is 8.00. The summed E-state index contributed by atoms with van der Waals surface area (Å²) < 4.78 is 20.4. The van der Waals surface area contributed by atoms with E-state index >= 15 is 0 Å². The molecule has 160 valence electrons. The number of methoxy groups -OCH3 is 1. The highest BCUT2D eigenvalue weighted by atomic mass is 35.5. The van der Waals surface area contributed by atoms with Crippen molar-refractivity contribution in [2.45, 2.75) is 12.0 Å². The van der Waals surface area contributed by atoms with Crippen molar-refractivity contribution in [3.05, 3.63) is 70.7 Å². The summed E-state index contributed by atoms with van der Waals surface area (Å²) in [5.41, 5.74) is 1.01. The van der Waals surface area contributed by atoms with Crippen LogP contribution in [0.3, 0.4) is 0 Å². The molecule has 9 heteroatoms. The van der Waals surface area contributed by atoms with Gasteiger partial charge in [-0.1, -0.05) is 35.8 Å². The lowest BCUT2D eigenvalue weighted by molar-refractivity contribution is -0.126. The highest BCUT2D eigenvalue weighted by molar-refractivity contribution is 6.42. The van der Waals surface area contributed by atoms with Gasteiger partial charge < -0.3 is 15.0 Å². The number of amides is 1. The fourth-order valence-corrected chi connectivity index (χ4v) is 4.12. The third-order valence-corrected chi connectivity index (χ3v) is 6.34. The lowest BCUT2D eigenvalue weighted by atomic mass is 9.91. The van der Waals surface area contributed by atoms with Gasteiger partial charge in [-0.05, 0) is 42.3 Å². The molecule has 1 aromatic heterocycles. The quantitative estimate of drug-likeness (QED) is 0.424. The van der Waals surface area contributed by atoms with E-state index in [1.807, 2.05) is 18.2 Å². The third-order valence-electron chi connectivity index (χ3n) is 5.56. The number of likely N-dealkylation sites (tertiary alicyclic amines) is 1. The topological polar surface area (TPSA) is 67.4 Å². The maximum absolute atomic E-state index is 14.6. The number of fused-ring (bicyclic) bond motifs is 1. The Morgan fingerprint density at radius 1 is 1.32 bits per heavy atom. The van der Waals surface area contributed by atoms with Gasteiger partial charge in [0.1, 0.15) is 17.7 Å². The second kappa shape index (κ2) is 8.42. The number of carbonyl (C=O) groups is 1. The van der Waals surface area contributed by atoms with Gasteiger partial charge in [0.15, 0.2) is 5.82 Å². The standard InChI is InChI=1S/C22H19Cl2FN4O2/c1-3-18(30)29-9-8-22(11-29,31-2)13-4-6-16-14(10-13)21(27-12-26-16)28-17-7-5-15(23)19(24)20(17)25/h3-7,10,12H,1,8-9,11H2,2H3,(H,26,27,28). The molecule has 4 rings (SSSR count). The molecule has 1 N–H and O–H groups in total. The van der Waals surface area contributed by atoms with Crippen LogP contribution in [0.4, 0.5) is 15.9 Å². The van der Waals surface area contributed by atoms with Crippen molar-refractivity contribution >= 4 is 51.5 Å². The summed E-state index contributed by atoms with van der Waals surface area (Å²) in [6.07, 6.45) is 3.33. The molecule has 0 bridgehead atoms. The molecule has 0 radical (unpaired) electrons. The number of carbonyl (C=O) groups excluding carboxylic acids is 1. The number of ether oxygens (including phenoxy) is 1. The molecule has 1 saturated heterocycles. The number of hydrogen-bond acceptors (Lipinski definition) is 5. The van der Waals surface area contributed by atoms with Crippen LogP contribution in [0.5, 0.6) is 0 Å². The van der Waals surface area contributed by atoms with Crippen LogP contribution in [0.2, 0.25) is 10.0 Å². The summed E-state index contributed by atoms with van der Waals surface area (Å²) in [5, 5.41) is 3.62. The molecule has 6 nitrogen and oxygen atoms in total. The minimum atomic E-state index is -0.672. The summed E-state index contributed by atoms with van der Waals surface area (Å²) in [4.78, 5) is 22.4. The van der Waals surface area contributed by atoms with E-state index in [2.05, 4.69) is 21.9 Å². The molecule has 0 spiro atoms. The highest BCUT2D eigenvalue weighted by Gasteiger charge is 2.41. The molecule has 1 unspecified atom stereocenters. The fourth-order valence-electron chi connectivity index (χ4n) is 3.81. The molecule has 1 atom stereocenters. The first-order valence-electron chi connectivity index (χ1n) is 9.51. The van der Waals surface area contributed by atoms with Gasteiger partial charge in [0.25, 0.3) is 0 Å². The predicted molar refractivity (Wildman–Crippen MR) is 119 cm³/mol. The Balaban J connectivity index is 1.75. The first kappa shape index (κ1) is 21.5. The maximum Gasteiger partial charge on any atom is 0.246 e. The van der Waals surface area contributed by atoms with E-state index in [1.54, 1.807) is 12.0 Å². The zero-order valence-electron chi connectivity index (χ0n) is 16.7. The van der Waals surface area contributed by atoms with Gasteiger partial charge in [-0.3, -0.25) is 4.79 Å².